The van der Waals surface area contributed by atoms with Crippen LogP contribution in [-0.2, 0) is 0 Å². The Labute approximate surface area is 109 Å². The zero-order valence-electron chi connectivity index (χ0n) is 10.7. The number of hydrogen-bond donors (Lipinski definition) is 1. The molecule has 0 unspecified atom stereocenters. The average molecular weight is 252 g/mol. The van der Waals surface area contributed by atoms with Gasteiger partial charge < -0.3 is 15.0 Å². The molecule has 0 amide bonds. The van der Waals surface area contributed by atoms with Crippen molar-refractivity contribution in [3.63, 3.8) is 0 Å². The molecular weight excluding hydrogens is 232 g/mol. The third-order valence-corrected chi connectivity index (χ3v) is 2.83. The van der Waals surface area contributed by atoms with Gasteiger partial charge in [0.25, 0.3) is 0 Å². The molecule has 1 aromatic rings. The fourth-order valence-corrected chi connectivity index (χ4v) is 1.89. The number of thiocarbonyl (C=S) groups is 1. The van der Waals surface area contributed by atoms with Crippen molar-refractivity contribution < 1.29 is 4.74 Å². The summed E-state index contributed by atoms with van der Waals surface area (Å²) in [6.07, 6.45) is 0. The molecule has 0 aromatic heterocycles. The third kappa shape index (κ3) is 4.23. The first-order chi connectivity index (χ1) is 8.21. The molecule has 1 rings (SSSR count). The van der Waals surface area contributed by atoms with Gasteiger partial charge in [-0.05, 0) is 57.3 Å². The van der Waals surface area contributed by atoms with E-state index in [1.807, 2.05) is 31.2 Å². The summed E-state index contributed by atoms with van der Waals surface area (Å²) in [4.78, 5) is 2.10. The number of hydrogen-bond acceptors (Lipinski definition) is 2. The quantitative estimate of drug-likeness (QED) is 0.814. The van der Waals surface area contributed by atoms with Gasteiger partial charge in [-0.2, -0.15) is 0 Å². The van der Waals surface area contributed by atoms with E-state index in [0.717, 1.165) is 29.6 Å². The van der Waals surface area contributed by atoms with Gasteiger partial charge in [0.05, 0.1) is 6.61 Å². The van der Waals surface area contributed by atoms with E-state index in [4.69, 9.17) is 17.0 Å². The summed E-state index contributed by atoms with van der Waals surface area (Å²) in [6.45, 7) is 8.68. The van der Waals surface area contributed by atoms with Crippen LogP contribution in [-0.4, -0.2) is 29.7 Å². The van der Waals surface area contributed by atoms with Crippen LogP contribution in [0, 0.1) is 0 Å². The lowest BCUT2D eigenvalue weighted by Crippen LogP contribution is -2.34. The number of nitrogens with zero attached hydrogens (tertiary/aromatic N) is 1. The molecule has 0 bridgehead atoms. The Morgan fingerprint density at radius 1 is 1.18 bits per heavy atom. The van der Waals surface area contributed by atoms with Crippen LogP contribution in [0.25, 0.3) is 0 Å². The van der Waals surface area contributed by atoms with Crippen LogP contribution >= 0.6 is 12.2 Å². The predicted molar refractivity (Wildman–Crippen MR) is 76.8 cm³/mol. The van der Waals surface area contributed by atoms with E-state index in [0.29, 0.717) is 6.61 Å². The van der Waals surface area contributed by atoms with Gasteiger partial charge in [0.2, 0.25) is 0 Å². The summed E-state index contributed by atoms with van der Waals surface area (Å²) in [5.41, 5.74) is 0.991. The van der Waals surface area contributed by atoms with Gasteiger partial charge in [-0.3, -0.25) is 0 Å². The van der Waals surface area contributed by atoms with E-state index in [2.05, 4.69) is 24.1 Å². The van der Waals surface area contributed by atoms with E-state index in [-0.39, 0.29) is 0 Å². The third-order valence-electron chi connectivity index (χ3n) is 2.47. The van der Waals surface area contributed by atoms with Gasteiger partial charge in [0.1, 0.15) is 5.75 Å². The molecular formula is C13H20N2OS. The summed E-state index contributed by atoms with van der Waals surface area (Å²) in [7, 11) is 0. The molecule has 17 heavy (non-hydrogen) atoms. The Bertz CT molecular complexity index is 347. The molecule has 0 radical (unpaired) electrons. The minimum atomic E-state index is 0.685. The summed E-state index contributed by atoms with van der Waals surface area (Å²) in [6, 6.07) is 7.83. The number of nitrogens with one attached hydrogen (secondary N) is 1. The SMILES string of the molecule is CCOc1ccc(NC(=S)N(CC)CC)cc1. The molecule has 94 valence electrons. The van der Waals surface area contributed by atoms with Crippen molar-refractivity contribution in [2.24, 2.45) is 0 Å². The topological polar surface area (TPSA) is 24.5 Å². The zero-order valence-corrected chi connectivity index (χ0v) is 11.5. The van der Waals surface area contributed by atoms with Crippen molar-refractivity contribution in [3.05, 3.63) is 24.3 Å². The molecule has 0 aliphatic heterocycles. The lowest BCUT2D eigenvalue weighted by molar-refractivity contribution is 0.340. The Kier molecular flexibility index (Phi) is 5.77. The molecule has 0 fully saturated rings. The highest BCUT2D eigenvalue weighted by molar-refractivity contribution is 7.80. The predicted octanol–water partition coefficient (Wildman–Crippen LogP) is 3.12. The van der Waals surface area contributed by atoms with Crippen LogP contribution < -0.4 is 10.1 Å². The Morgan fingerprint density at radius 3 is 2.24 bits per heavy atom. The molecule has 0 saturated carbocycles. The molecule has 3 nitrogen and oxygen atoms in total. The van der Waals surface area contributed by atoms with Gasteiger partial charge in [0, 0.05) is 18.8 Å². The van der Waals surface area contributed by atoms with Crippen molar-refractivity contribution in [1.82, 2.24) is 4.90 Å². The van der Waals surface area contributed by atoms with Crippen molar-refractivity contribution in [3.8, 4) is 5.75 Å². The summed E-state index contributed by atoms with van der Waals surface area (Å²) in [5.74, 6) is 0.881. The number of rotatable bonds is 5. The molecule has 0 spiro atoms. The van der Waals surface area contributed by atoms with E-state index in [9.17, 15) is 0 Å². The van der Waals surface area contributed by atoms with Gasteiger partial charge in [-0.1, -0.05) is 0 Å². The maximum atomic E-state index is 5.38. The maximum Gasteiger partial charge on any atom is 0.173 e. The van der Waals surface area contributed by atoms with Gasteiger partial charge in [-0.15, -0.1) is 0 Å². The fourth-order valence-electron chi connectivity index (χ4n) is 1.51. The highest BCUT2D eigenvalue weighted by Gasteiger charge is 2.04. The van der Waals surface area contributed by atoms with Crippen molar-refractivity contribution in [2.45, 2.75) is 20.8 Å². The first kappa shape index (κ1) is 13.8. The highest BCUT2D eigenvalue weighted by atomic mass is 32.1. The lowest BCUT2D eigenvalue weighted by atomic mass is 10.3. The number of anilines is 1. The molecule has 0 aliphatic carbocycles. The molecule has 0 heterocycles. The normalized spacial score (nSPS) is 9.82. The minimum Gasteiger partial charge on any atom is -0.494 e. The molecule has 0 aliphatic rings. The monoisotopic (exact) mass is 252 g/mol. The van der Waals surface area contributed by atoms with Crippen LogP contribution in [0.5, 0.6) is 5.75 Å². The Balaban J connectivity index is 2.59. The van der Waals surface area contributed by atoms with Gasteiger partial charge in [0.15, 0.2) is 5.11 Å². The minimum absolute atomic E-state index is 0.685. The van der Waals surface area contributed by atoms with Crippen molar-refractivity contribution >= 4 is 23.0 Å². The Morgan fingerprint density at radius 2 is 1.76 bits per heavy atom. The molecule has 1 N–H and O–H groups in total. The van der Waals surface area contributed by atoms with Crippen LogP contribution in [0.3, 0.4) is 0 Å². The summed E-state index contributed by atoms with van der Waals surface area (Å²) < 4.78 is 5.38. The number of ether oxygens (including phenoxy) is 1. The molecule has 0 atom stereocenters. The van der Waals surface area contributed by atoms with Crippen LogP contribution in [0.4, 0.5) is 5.69 Å². The smallest absolute Gasteiger partial charge is 0.173 e. The first-order valence-corrected chi connectivity index (χ1v) is 6.40. The van der Waals surface area contributed by atoms with Crippen LogP contribution in [0.2, 0.25) is 0 Å². The molecule has 0 saturated heterocycles. The number of benzene rings is 1. The fraction of sp³-hybridized carbons (Fsp3) is 0.462. The second-order valence-electron chi connectivity index (χ2n) is 3.56. The van der Waals surface area contributed by atoms with E-state index in [1.54, 1.807) is 0 Å². The lowest BCUT2D eigenvalue weighted by Gasteiger charge is -2.22. The standard InChI is InChI=1S/C13H20N2OS/c1-4-15(5-2)13(17)14-11-7-9-12(10-8-11)16-6-3/h7-10H,4-6H2,1-3H3,(H,14,17). The van der Waals surface area contributed by atoms with E-state index in [1.165, 1.54) is 0 Å². The summed E-state index contributed by atoms with van der Waals surface area (Å²) in [5, 5.41) is 3.98. The summed E-state index contributed by atoms with van der Waals surface area (Å²) >= 11 is 5.32. The average Bonchev–Trinajstić information content (AvgIpc) is 2.33. The highest BCUT2D eigenvalue weighted by Crippen LogP contribution is 2.16. The van der Waals surface area contributed by atoms with Crippen molar-refractivity contribution in [2.75, 3.05) is 25.0 Å². The van der Waals surface area contributed by atoms with Crippen molar-refractivity contribution in [1.29, 1.82) is 0 Å². The van der Waals surface area contributed by atoms with E-state index >= 15 is 0 Å². The second-order valence-corrected chi connectivity index (χ2v) is 3.95. The van der Waals surface area contributed by atoms with Crippen LogP contribution in [0.1, 0.15) is 20.8 Å². The maximum absolute atomic E-state index is 5.38. The Hall–Kier alpha value is -1.29. The largest absolute Gasteiger partial charge is 0.494 e. The van der Waals surface area contributed by atoms with E-state index < -0.39 is 0 Å². The van der Waals surface area contributed by atoms with Crippen LogP contribution in [0.15, 0.2) is 24.3 Å². The molecule has 4 heteroatoms. The van der Waals surface area contributed by atoms with Gasteiger partial charge >= 0.3 is 0 Å². The van der Waals surface area contributed by atoms with Gasteiger partial charge in [-0.25, -0.2) is 0 Å². The first-order valence-electron chi connectivity index (χ1n) is 6.00. The zero-order chi connectivity index (χ0) is 12.7. The second kappa shape index (κ2) is 7.12. The molecule has 1 aromatic carbocycles.